The fourth-order valence-corrected chi connectivity index (χ4v) is 5.47. The van der Waals surface area contributed by atoms with Crippen molar-refractivity contribution in [3.05, 3.63) is 34.3 Å². The Morgan fingerprint density at radius 3 is 2.72 bits per heavy atom. The second-order valence-electron chi connectivity index (χ2n) is 8.46. The number of nitrogens with zero attached hydrogens (tertiary/aromatic N) is 2. The molecular weight excluding hydrogens is 384 g/mol. The van der Waals surface area contributed by atoms with E-state index in [1.54, 1.807) is 0 Å². The number of thiazole rings is 1. The third kappa shape index (κ3) is 4.48. The Labute approximate surface area is 176 Å². The van der Waals surface area contributed by atoms with Gasteiger partial charge in [-0.15, -0.1) is 11.3 Å². The largest absolute Gasteiger partial charge is 0.462 e. The van der Waals surface area contributed by atoms with Crippen LogP contribution in [0, 0.1) is 5.92 Å². The van der Waals surface area contributed by atoms with Gasteiger partial charge in [-0.3, -0.25) is 0 Å². The van der Waals surface area contributed by atoms with Crippen molar-refractivity contribution < 1.29 is 14.6 Å². The molecule has 1 heterocycles. The van der Waals surface area contributed by atoms with Gasteiger partial charge < -0.3 is 14.7 Å². The van der Waals surface area contributed by atoms with Crippen LogP contribution in [-0.2, 0) is 11.2 Å². The van der Waals surface area contributed by atoms with Crippen LogP contribution in [0.1, 0.15) is 72.0 Å². The Morgan fingerprint density at radius 1 is 1.21 bits per heavy atom. The molecule has 1 saturated carbocycles. The zero-order valence-corrected chi connectivity index (χ0v) is 18.1. The molecule has 1 fully saturated rings. The molecule has 1 N–H and O–H groups in total. The van der Waals surface area contributed by atoms with Crippen LogP contribution in [0.2, 0.25) is 0 Å². The van der Waals surface area contributed by atoms with Crippen LogP contribution < -0.4 is 4.90 Å². The van der Waals surface area contributed by atoms with Crippen LogP contribution in [0.3, 0.4) is 0 Å². The van der Waals surface area contributed by atoms with Crippen LogP contribution in [0.4, 0.5) is 5.69 Å². The highest BCUT2D eigenvalue weighted by molar-refractivity contribution is 7.15. The van der Waals surface area contributed by atoms with Crippen molar-refractivity contribution in [2.45, 2.75) is 57.5 Å². The van der Waals surface area contributed by atoms with Crippen LogP contribution in [0.15, 0.2) is 18.2 Å². The molecule has 2 aromatic rings. The number of aliphatic hydroxyl groups is 1. The number of aromatic nitrogens is 1. The third-order valence-corrected chi connectivity index (χ3v) is 7.30. The molecule has 0 radical (unpaired) electrons. The minimum absolute atomic E-state index is 0.275. The van der Waals surface area contributed by atoms with E-state index >= 15 is 0 Å². The number of hydrogen-bond acceptors (Lipinski definition) is 6. The van der Waals surface area contributed by atoms with E-state index in [0.717, 1.165) is 58.9 Å². The summed E-state index contributed by atoms with van der Waals surface area (Å²) in [5.74, 6) is 0.207. The fourth-order valence-electron chi connectivity index (χ4n) is 4.30. The number of benzene rings is 1. The summed E-state index contributed by atoms with van der Waals surface area (Å²) in [6.07, 6.45) is 8.24. The highest BCUT2D eigenvalue weighted by Crippen LogP contribution is 2.39. The second kappa shape index (κ2) is 8.84. The number of carbonyl (C=O) groups is 1. The van der Waals surface area contributed by atoms with Crippen LogP contribution >= 0.6 is 11.3 Å². The first-order chi connectivity index (χ1) is 14.0. The van der Waals surface area contributed by atoms with Gasteiger partial charge in [-0.2, -0.15) is 0 Å². The SMILES string of the molecule is CN(C)c1ccc(-c2nc3c(s2)C(O)CCC3)c(C(=O)OCC2CCCCC2)c1. The van der Waals surface area contributed by atoms with Crippen molar-refractivity contribution in [1.82, 2.24) is 4.98 Å². The minimum Gasteiger partial charge on any atom is -0.462 e. The van der Waals surface area contributed by atoms with E-state index < -0.39 is 6.10 Å². The van der Waals surface area contributed by atoms with Crippen LogP contribution in [0.25, 0.3) is 10.6 Å². The summed E-state index contributed by atoms with van der Waals surface area (Å²) in [7, 11) is 3.93. The standard InChI is InChI=1S/C23H30N2O3S/c1-25(2)16-11-12-17(22-24-19-9-6-10-20(26)21(19)29-22)18(13-16)23(27)28-14-15-7-4-3-5-8-15/h11-13,15,20,26H,3-10,14H2,1-2H3. The highest BCUT2D eigenvalue weighted by Gasteiger charge is 2.26. The number of fused-ring (bicyclic) bond motifs is 1. The zero-order chi connectivity index (χ0) is 20.4. The molecule has 1 atom stereocenters. The Hall–Kier alpha value is -1.92. The first-order valence-corrected chi connectivity index (χ1v) is 11.5. The summed E-state index contributed by atoms with van der Waals surface area (Å²) in [6.45, 7) is 0.498. The summed E-state index contributed by atoms with van der Waals surface area (Å²) >= 11 is 1.51. The Balaban J connectivity index is 1.62. The van der Waals surface area contributed by atoms with E-state index in [2.05, 4.69) is 0 Å². The number of rotatable bonds is 5. The monoisotopic (exact) mass is 414 g/mol. The molecule has 6 heteroatoms. The average Bonchev–Trinajstić information content (AvgIpc) is 3.18. The maximum atomic E-state index is 13.1. The molecular formula is C23H30N2O3S. The molecule has 5 nitrogen and oxygen atoms in total. The van der Waals surface area contributed by atoms with E-state index in [9.17, 15) is 9.90 Å². The summed E-state index contributed by atoms with van der Waals surface area (Å²) in [5, 5.41) is 11.1. The fraction of sp³-hybridized carbons (Fsp3) is 0.565. The summed E-state index contributed by atoms with van der Waals surface area (Å²) in [5.41, 5.74) is 3.30. The summed E-state index contributed by atoms with van der Waals surface area (Å²) in [4.78, 5) is 20.8. The number of ether oxygens (including phenoxy) is 1. The molecule has 0 aliphatic heterocycles. The number of esters is 1. The van der Waals surface area contributed by atoms with Crippen molar-refractivity contribution >= 4 is 23.0 Å². The topological polar surface area (TPSA) is 62.7 Å². The molecule has 29 heavy (non-hydrogen) atoms. The molecule has 0 saturated heterocycles. The first-order valence-electron chi connectivity index (χ1n) is 10.7. The van der Waals surface area contributed by atoms with Crippen molar-refractivity contribution in [3.8, 4) is 10.6 Å². The predicted octanol–water partition coefficient (Wildman–Crippen LogP) is 4.98. The van der Waals surface area contributed by atoms with Gasteiger partial charge in [-0.05, 0) is 56.2 Å². The third-order valence-electron chi connectivity index (χ3n) is 6.07. The number of carbonyl (C=O) groups excluding carboxylic acids is 1. The smallest absolute Gasteiger partial charge is 0.338 e. The number of anilines is 1. The van der Waals surface area contributed by atoms with Crippen LogP contribution in [-0.4, -0.2) is 36.8 Å². The molecule has 1 aromatic heterocycles. The van der Waals surface area contributed by atoms with Crippen molar-refractivity contribution in [1.29, 1.82) is 0 Å². The lowest BCUT2D eigenvalue weighted by Gasteiger charge is -2.21. The van der Waals surface area contributed by atoms with Gasteiger partial charge in [0, 0.05) is 25.3 Å². The lowest BCUT2D eigenvalue weighted by Crippen LogP contribution is -2.18. The Morgan fingerprint density at radius 2 is 2.00 bits per heavy atom. The molecule has 156 valence electrons. The number of hydrogen-bond donors (Lipinski definition) is 1. The molecule has 1 aromatic carbocycles. The lowest BCUT2D eigenvalue weighted by atomic mass is 9.90. The molecule has 1 unspecified atom stereocenters. The predicted molar refractivity (Wildman–Crippen MR) is 117 cm³/mol. The summed E-state index contributed by atoms with van der Waals surface area (Å²) < 4.78 is 5.76. The minimum atomic E-state index is -0.437. The van der Waals surface area contributed by atoms with Crippen LogP contribution in [0.5, 0.6) is 0 Å². The molecule has 2 aliphatic carbocycles. The normalized spacial score (nSPS) is 19.6. The van der Waals surface area contributed by atoms with Gasteiger partial charge in [0.1, 0.15) is 5.01 Å². The van der Waals surface area contributed by atoms with E-state index in [0.29, 0.717) is 18.1 Å². The molecule has 0 amide bonds. The van der Waals surface area contributed by atoms with Crippen molar-refractivity contribution in [3.63, 3.8) is 0 Å². The Kier molecular flexibility index (Phi) is 6.20. The molecule has 0 bridgehead atoms. The molecule has 0 spiro atoms. The first kappa shape index (κ1) is 20.4. The second-order valence-corrected chi connectivity index (χ2v) is 9.50. The maximum absolute atomic E-state index is 13.1. The van der Waals surface area contributed by atoms with E-state index in [4.69, 9.17) is 9.72 Å². The highest BCUT2D eigenvalue weighted by atomic mass is 32.1. The molecule has 4 rings (SSSR count). The summed E-state index contributed by atoms with van der Waals surface area (Å²) in [6, 6.07) is 5.86. The number of aliphatic hydroxyl groups excluding tert-OH is 1. The average molecular weight is 415 g/mol. The van der Waals surface area contributed by atoms with Crippen molar-refractivity contribution in [2.75, 3.05) is 25.6 Å². The lowest BCUT2D eigenvalue weighted by molar-refractivity contribution is 0.0411. The maximum Gasteiger partial charge on any atom is 0.338 e. The van der Waals surface area contributed by atoms with Gasteiger partial charge in [0.05, 0.1) is 28.8 Å². The van der Waals surface area contributed by atoms with E-state index in [1.807, 2.05) is 37.2 Å². The van der Waals surface area contributed by atoms with E-state index in [-0.39, 0.29) is 5.97 Å². The molecule has 2 aliphatic rings. The van der Waals surface area contributed by atoms with Gasteiger partial charge in [0.15, 0.2) is 0 Å². The zero-order valence-electron chi connectivity index (χ0n) is 17.3. The number of aryl methyl sites for hydroxylation is 1. The van der Waals surface area contributed by atoms with Gasteiger partial charge in [-0.1, -0.05) is 19.3 Å². The van der Waals surface area contributed by atoms with Gasteiger partial charge in [-0.25, -0.2) is 9.78 Å². The van der Waals surface area contributed by atoms with Gasteiger partial charge >= 0.3 is 5.97 Å². The van der Waals surface area contributed by atoms with E-state index in [1.165, 1.54) is 30.6 Å². The van der Waals surface area contributed by atoms with Crippen molar-refractivity contribution in [2.24, 2.45) is 5.92 Å². The van der Waals surface area contributed by atoms with Gasteiger partial charge in [0.25, 0.3) is 0 Å². The Bertz CT molecular complexity index is 871. The quantitative estimate of drug-likeness (QED) is 0.699. The van der Waals surface area contributed by atoms with Gasteiger partial charge in [0.2, 0.25) is 0 Å².